The summed E-state index contributed by atoms with van der Waals surface area (Å²) in [6.07, 6.45) is 0.510. The minimum Gasteiger partial charge on any atom is -0.468 e. The van der Waals surface area contributed by atoms with Crippen LogP contribution in [-0.4, -0.2) is 49.5 Å². The SMILES string of the molecule is COC(=O)C(C(=O)C=C=O)[C@H](NOC(C)(C)C)C(=O)OC. The zero-order chi connectivity index (χ0) is 16.6. The number of esters is 2. The lowest BCUT2D eigenvalue weighted by molar-refractivity contribution is -0.168. The first kappa shape index (κ1) is 19.0. The number of hydrogen-bond donors (Lipinski definition) is 1. The highest BCUT2D eigenvalue weighted by atomic mass is 16.7. The molecule has 0 spiro atoms. The fourth-order valence-electron chi connectivity index (χ4n) is 1.31. The summed E-state index contributed by atoms with van der Waals surface area (Å²) in [6.45, 7) is 5.07. The van der Waals surface area contributed by atoms with E-state index < -0.39 is 35.3 Å². The van der Waals surface area contributed by atoms with E-state index in [2.05, 4.69) is 15.0 Å². The molecule has 0 saturated heterocycles. The zero-order valence-electron chi connectivity index (χ0n) is 12.6. The largest absolute Gasteiger partial charge is 0.468 e. The van der Waals surface area contributed by atoms with Gasteiger partial charge in [-0.2, -0.15) is 5.48 Å². The van der Waals surface area contributed by atoms with Crippen molar-refractivity contribution in [1.82, 2.24) is 5.48 Å². The fraction of sp³-hybridized carbons (Fsp3) is 0.615. The Morgan fingerprint density at radius 1 is 1.10 bits per heavy atom. The van der Waals surface area contributed by atoms with Crippen LogP contribution in [0.3, 0.4) is 0 Å². The quantitative estimate of drug-likeness (QED) is 0.222. The number of rotatable bonds is 7. The molecule has 8 heteroatoms. The molecule has 0 amide bonds. The van der Waals surface area contributed by atoms with Gasteiger partial charge in [0.25, 0.3) is 0 Å². The highest BCUT2D eigenvalue weighted by Crippen LogP contribution is 2.13. The van der Waals surface area contributed by atoms with Gasteiger partial charge in [-0.3, -0.25) is 19.2 Å². The Morgan fingerprint density at radius 2 is 1.62 bits per heavy atom. The average Bonchev–Trinajstić information content (AvgIpc) is 2.40. The number of allylic oxidation sites excluding steroid dienone is 1. The van der Waals surface area contributed by atoms with Gasteiger partial charge in [0.2, 0.25) is 0 Å². The third-order valence-corrected chi connectivity index (χ3v) is 2.24. The molecule has 21 heavy (non-hydrogen) atoms. The van der Waals surface area contributed by atoms with E-state index in [1.54, 1.807) is 20.8 Å². The lowest BCUT2D eigenvalue weighted by Crippen LogP contribution is -2.51. The Labute approximate surface area is 122 Å². The number of ketones is 1. The van der Waals surface area contributed by atoms with Crippen LogP contribution >= 0.6 is 0 Å². The molecule has 0 aromatic carbocycles. The summed E-state index contributed by atoms with van der Waals surface area (Å²) in [5, 5.41) is 0. The second-order valence-electron chi connectivity index (χ2n) is 5.00. The number of nitrogens with one attached hydrogen (secondary N) is 1. The Kier molecular flexibility index (Phi) is 7.51. The Hall–Kier alpha value is -2.02. The van der Waals surface area contributed by atoms with Crippen molar-refractivity contribution in [2.75, 3.05) is 14.2 Å². The smallest absolute Gasteiger partial charge is 0.326 e. The Bertz CT molecular complexity index is 446. The van der Waals surface area contributed by atoms with E-state index in [1.807, 2.05) is 0 Å². The average molecular weight is 301 g/mol. The highest BCUT2D eigenvalue weighted by molar-refractivity contribution is 6.11. The summed E-state index contributed by atoms with van der Waals surface area (Å²) in [5.41, 5.74) is 1.62. The molecule has 0 aliphatic carbocycles. The molecule has 0 aromatic rings. The van der Waals surface area contributed by atoms with Gasteiger partial charge in [-0.05, 0) is 20.8 Å². The van der Waals surface area contributed by atoms with Crippen LogP contribution < -0.4 is 5.48 Å². The lowest BCUT2D eigenvalue weighted by atomic mass is 9.95. The van der Waals surface area contributed by atoms with Crippen molar-refractivity contribution in [3.8, 4) is 0 Å². The number of ether oxygens (including phenoxy) is 2. The highest BCUT2D eigenvalue weighted by Gasteiger charge is 2.41. The molecule has 118 valence electrons. The minimum atomic E-state index is -1.62. The number of carbonyl (C=O) groups is 3. The van der Waals surface area contributed by atoms with Crippen molar-refractivity contribution in [3.05, 3.63) is 6.08 Å². The second kappa shape index (κ2) is 8.31. The summed E-state index contributed by atoms with van der Waals surface area (Å²) in [7, 11) is 2.13. The molecule has 0 heterocycles. The first-order valence-corrected chi connectivity index (χ1v) is 6.01. The van der Waals surface area contributed by atoms with E-state index in [1.165, 1.54) is 5.94 Å². The van der Waals surface area contributed by atoms with E-state index in [-0.39, 0.29) is 0 Å². The lowest BCUT2D eigenvalue weighted by Gasteiger charge is -2.26. The monoisotopic (exact) mass is 301 g/mol. The van der Waals surface area contributed by atoms with Gasteiger partial charge in [-0.25, -0.2) is 4.79 Å². The van der Waals surface area contributed by atoms with Crippen LogP contribution in [0.2, 0.25) is 0 Å². The van der Waals surface area contributed by atoms with Crippen LogP contribution in [-0.2, 0) is 33.5 Å². The van der Waals surface area contributed by atoms with Gasteiger partial charge < -0.3 is 9.47 Å². The van der Waals surface area contributed by atoms with Crippen molar-refractivity contribution < 1.29 is 33.5 Å². The van der Waals surface area contributed by atoms with E-state index >= 15 is 0 Å². The van der Waals surface area contributed by atoms with E-state index in [0.717, 1.165) is 14.2 Å². The van der Waals surface area contributed by atoms with Crippen LogP contribution in [0, 0.1) is 5.92 Å². The maximum atomic E-state index is 11.8. The van der Waals surface area contributed by atoms with Crippen molar-refractivity contribution in [2.24, 2.45) is 5.92 Å². The molecule has 0 radical (unpaired) electrons. The number of carbonyl (C=O) groups excluding carboxylic acids is 4. The number of hydroxylamine groups is 1. The van der Waals surface area contributed by atoms with Gasteiger partial charge in [0.05, 0.1) is 25.9 Å². The van der Waals surface area contributed by atoms with Gasteiger partial charge in [-0.1, -0.05) is 0 Å². The molecule has 0 bridgehead atoms. The maximum absolute atomic E-state index is 11.8. The number of hydrogen-bond acceptors (Lipinski definition) is 8. The Balaban J connectivity index is 5.46. The summed E-state index contributed by atoms with van der Waals surface area (Å²) < 4.78 is 9.00. The van der Waals surface area contributed by atoms with Gasteiger partial charge in [-0.15, -0.1) is 0 Å². The molecular weight excluding hydrogens is 282 g/mol. The van der Waals surface area contributed by atoms with Crippen LogP contribution in [0.15, 0.2) is 6.08 Å². The van der Waals surface area contributed by atoms with Crippen LogP contribution in [0.4, 0.5) is 0 Å². The van der Waals surface area contributed by atoms with Gasteiger partial charge >= 0.3 is 11.9 Å². The number of methoxy groups -OCH3 is 2. The van der Waals surface area contributed by atoms with E-state index in [4.69, 9.17) is 4.84 Å². The summed E-state index contributed by atoms with van der Waals surface area (Å²) in [6, 6.07) is -1.46. The van der Waals surface area contributed by atoms with Gasteiger partial charge in [0, 0.05) is 0 Å². The summed E-state index contributed by atoms with van der Waals surface area (Å²) in [4.78, 5) is 50.8. The molecule has 0 rings (SSSR count). The minimum absolute atomic E-state index is 0.510. The third-order valence-electron chi connectivity index (χ3n) is 2.24. The molecule has 8 nitrogen and oxygen atoms in total. The third kappa shape index (κ3) is 6.31. The second-order valence-corrected chi connectivity index (χ2v) is 5.00. The molecule has 0 aliphatic heterocycles. The molecule has 0 aromatic heterocycles. The standard InChI is InChI=1S/C13H19NO7/c1-13(2,3)21-14-10(12(18)20-5)9(11(17)19-4)8(16)6-7-15/h6,9-10,14H,1-5H3/t9?,10-/m0/s1. The van der Waals surface area contributed by atoms with Crippen molar-refractivity contribution in [2.45, 2.75) is 32.4 Å². The van der Waals surface area contributed by atoms with Crippen molar-refractivity contribution >= 4 is 23.7 Å². The van der Waals surface area contributed by atoms with Crippen molar-refractivity contribution in [1.29, 1.82) is 0 Å². The first-order chi connectivity index (χ1) is 9.67. The summed E-state index contributed by atoms with van der Waals surface area (Å²) in [5.74, 6) is -3.23. The maximum Gasteiger partial charge on any atom is 0.326 e. The molecule has 0 aliphatic rings. The van der Waals surface area contributed by atoms with E-state index in [0.29, 0.717) is 6.08 Å². The zero-order valence-corrected chi connectivity index (χ0v) is 12.6. The molecule has 0 fully saturated rings. The van der Waals surface area contributed by atoms with E-state index in [9.17, 15) is 19.2 Å². The topological polar surface area (TPSA) is 108 Å². The predicted molar refractivity (Wildman–Crippen MR) is 70.6 cm³/mol. The fourth-order valence-corrected chi connectivity index (χ4v) is 1.31. The molecule has 2 atom stereocenters. The summed E-state index contributed by atoms with van der Waals surface area (Å²) >= 11 is 0. The van der Waals surface area contributed by atoms with Crippen molar-refractivity contribution in [3.63, 3.8) is 0 Å². The molecule has 0 saturated carbocycles. The van der Waals surface area contributed by atoms with Crippen LogP contribution in [0.5, 0.6) is 0 Å². The molecule has 1 N–H and O–H groups in total. The van der Waals surface area contributed by atoms with Gasteiger partial charge in [0.1, 0.15) is 11.9 Å². The normalized spacial score (nSPS) is 13.6. The Morgan fingerprint density at radius 3 is 2.00 bits per heavy atom. The first-order valence-electron chi connectivity index (χ1n) is 6.01. The predicted octanol–water partition coefficient (Wildman–Crippen LogP) is -0.406. The molecule has 1 unspecified atom stereocenters. The van der Waals surface area contributed by atoms with Gasteiger partial charge in [0.15, 0.2) is 11.8 Å². The van der Waals surface area contributed by atoms with Crippen LogP contribution in [0.25, 0.3) is 0 Å². The van der Waals surface area contributed by atoms with Crippen LogP contribution in [0.1, 0.15) is 20.8 Å². The molecular formula is C13H19NO7.